The van der Waals surface area contributed by atoms with Crippen LogP contribution in [0.25, 0.3) is 0 Å². The van der Waals surface area contributed by atoms with E-state index in [9.17, 15) is 0 Å². The second-order valence-electron chi connectivity index (χ2n) is 11.7. The fraction of sp³-hybridized carbons (Fsp3) is 0.579. The molecule has 39 heavy (non-hydrogen) atoms. The normalized spacial score (nSPS) is 12.2. The molecular weight excluding hydrogens is 470 g/mol. The van der Waals surface area contributed by atoms with Gasteiger partial charge in [0.2, 0.25) is 0 Å². The first-order valence-corrected chi connectivity index (χ1v) is 16.5. The summed E-state index contributed by atoms with van der Waals surface area (Å²) in [6, 6.07) is 22.6. The first kappa shape index (κ1) is 33.1. The molecule has 0 spiro atoms. The lowest BCUT2D eigenvalue weighted by atomic mass is 10.0. The van der Waals surface area contributed by atoms with Crippen LogP contribution < -0.4 is 0 Å². The van der Waals surface area contributed by atoms with E-state index in [1.807, 2.05) is 0 Å². The molecule has 0 N–H and O–H groups in total. The van der Waals surface area contributed by atoms with Gasteiger partial charge in [-0.05, 0) is 64.2 Å². The van der Waals surface area contributed by atoms with Crippen LogP contribution in [0, 0.1) is 0 Å². The van der Waals surface area contributed by atoms with Gasteiger partial charge >= 0.3 is 0 Å². The average molecular weight is 531 g/mol. The summed E-state index contributed by atoms with van der Waals surface area (Å²) in [7, 11) is 0. The van der Waals surface area contributed by atoms with Crippen LogP contribution >= 0.6 is 0 Å². The molecule has 0 aliphatic rings. The topological polar surface area (TPSA) is 0 Å². The summed E-state index contributed by atoms with van der Waals surface area (Å²) >= 11 is 0. The van der Waals surface area contributed by atoms with Gasteiger partial charge < -0.3 is 4.48 Å². The second kappa shape index (κ2) is 22.7. The first-order valence-electron chi connectivity index (χ1n) is 16.5. The summed E-state index contributed by atoms with van der Waals surface area (Å²) in [4.78, 5) is 0. The second-order valence-corrected chi connectivity index (χ2v) is 11.7. The van der Waals surface area contributed by atoms with Crippen molar-refractivity contribution in [2.45, 2.75) is 130 Å². The van der Waals surface area contributed by atoms with Crippen LogP contribution in [-0.2, 0) is 13.1 Å². The van der Waals surface area contributed by atoms with Gasteiger partial charge in [0.05, 0.1) is 13.1 Å². The van der Waals surface area contributed by atoms with Gasteiger partial charge in [0, 0.05) is 11.1 Å². The third-order valence-corrected chi connectivity index (χ3v) is 7.97. The Bertz CT molecular complexity index is 777. The number of benzene rings is 2. The van der Waals surface area contributed by atoms with E-state index < -0.39 is 0 Å². The Kier molecular flexibility index (Phi) is 19.2. The highest BCUT2D eigenvalue weighted by atomic mass is 15.3. The highest BCUT2D eigenvalue weighted by Crippen LogP contribution is 2.24. The van der Waals surface area contributed by atoms with Gasteiger partial charge in [0.15, 0.2) is 0 Å². The molecule has 1 nitrogen and oxygen atoms in total. The molecule has 0 saturated carbocycles. The molecule has 0 aromatic heterocycles. The quantitative estimate of drug-likeness (QED) is 0.0719. The fourth-order valence-corrected chi connectivity index (χ4v) is 5.71. The maximum absolute atomic E-state index is 2.40. The molecule has 0 radical (unpaired) electrons. The summed E-state index contributed by atoms with van der Waals surface area (Å²) in [6.45, 7) is 9.41. The highest BCUT2D eigenvalue weighted by molar-refractivity contribution is 5.15. The molecule has 0 unspecified atom stereocenters. The third-order valence-electron chi connectivity index (χ3n) is 7.97. The lowest BCUT2D eigenvalue weighted by molar-refractivity contribution is -0.954. The van der Waals surface area contributed by atoms with E-state index in [4.69, 9.17) is 0 Å². The Labute approximate surface area is 243 Å². The third kappa shape index (κ3) is 16.6. The lowest BCUT2D eigenvalue weighted by Crippen LogP contribution is -2.48. The predicted octanol–water partition coefficient (Wildman–Crippen LogP) is 11.6. The molecule has 2 rings (SSSR count). The van der Waals surface area contributed by atoms with E-state index in [1.54, 1.807) is 0 Å². The van der Waals surface area contributed by atoms with Gasteiger partial charge in [-0.2, -0.15) is 0 Å². The first-order chi connectivity index (χ1) is 19.3. The summed E-state index contributed by atoms with van der Waals surface area (Å²) < 4.78 is 1.20. The smallest absolute Gasteiger partial charge is 0.105 e. The Morgan fingerprint density at radius 1 is 0.436 bits per heavy atom. The average Bonchev–Trinajstić information content (AvgIpc) is 2.96. The molecule has 1 heteroatoms. The predicted molar refractivity (Wildman–Crippen MR) is 174 cm³/mol. The zero-order valence-electron chi connectivity index (χ0n) is 25.7. The molecule has 2 aromatic carbocycles. The van der Waals surface area contributed by atoms with E-state index in [2.05, 4.69) is 98.8 Å². The van der Waals surface area contributed by atoms with E-state index in [1.165, 1.54) is 131 Å². The molecule has 0 amide bonds. The van der Waals surface area contributed by atoms with Gasteiger partial charge in [-0.25, -0.2) is 0 Å². The lowest BCUT2D eigenvalue weighted by Gasteiger charge is -2.39. The minimum absolute atomic E-state index is 1.15. The minimum atomic E-state index is 1.15. The van der Waals surface area contributed by atoms with Crippen LogP contribution in [0.4, 0.5) is 0 Å². The van der Waals surface area contributed by atoms with E-state index in [0.29, 0.717) is 0 Å². The van der Waals surface area contributed by atoms with Crippen molar-refractivity contribution in [1.29, 1.82) is 0 Å². The molecular formula is C38H60N+. The molecule has 0 atom stereocenters. The van der Waals surface area contributed by atoms with Crippen LogP contribution in [0.15, 0.2) is 85.0 Å². The van der Waals surface area contributed by atoms with Gasteiger partial charge in [0.25, 0.3) is 0 Å². The zero-order valence-corrected chi connectivity index (χ0v) is 25.7. The SMILES string of the molecule is CCC/C=C/CCCCCCC[N+](CCCCCCC/C=C/CCC)(Cc1ccccc1)Cc1ccccc1. The molecule has 0 bridgehead atoms. The van der Waals surface area contributed by atoms with Crippen LogP contribution in [0.3, 0.4) is 0 Å². The number of rotatable bonds is 24. The van der Waals surface area contributed by atoms with Crippen molar-refractivity contribution >= 4 is 0 Å². The van der Waals surface area contributed by atoms with Crippen molar-refractivity contribution < 1.29 is 4.48 Å². The van der Waals surface area contributed by atoms with Crippen LogP contribution in [0.5, 0.6) is 0 Å². The number of allylic oxidation sites excluding steroid dienone is 4. The molecule has 0 saturated heterocycles. The van der Waals surface area contributed by atoms with Gasteiger partial charge in [-0.15, -0.1) is 0 Å². The van der Waals surface area contributed by atoms with Crippen LogP contribution in [-0.4, -0.2) is 17.6 Å². The molecule has 2 aromatic rings. The van der Waals surface area contributed by atoms with E-state index in [0.717, 1.165) is 13.1 Å². The summed E-state index contributed by atoms with van der Waals surface area (Å²) in [5.41, 5.74) is 2.98. The Balaban J connectivity index is 1.92. The van der Waals surface area contributed by atoms with Crippen molar-refractivity contribution in [1.82, 2.24) is 0 Å². The van der Waals surface area contributed by atoms with Crippen molar-refractivity contribution in [2.75, 3.05) is 13.1 Å². The number of hydrogen-bond donors (Lipinski definition) is 0. The number of hydrogen-bond acceptors (Lipinski definition) is 0. The summed E-state index contributed by atoms with van der Waals surface area (Å²) in [5, 5.41) is 0. The molecule has 216 valence electrons. The van der Waals surface area contributed by atoms with Crippen molar-refractivity contribution in [2.24, 2.45) is 0 Å². The minimum Gasteiger partial charge on any atom is -0.316 e. The standard InChI is InChI=1S/C38H60N/c1-3-5-7-9-11-13-15-17-19-27-33-39(35-37-29-23-21-24-30-37,36-38-31-25-22-26-32-38)34-28-20-18-16-14-12-10-8-6-4-2/h7-10,21-26,29-32H,3-6,11-20,27-28,33-36H2,1-2H3/q+1/b9-7+,10-8+. The Morgan fingerprint density at radius 2 is 0.795 bits per heavy atom. The monoisotopic (exact) mass is 530 g/mol. The van der Waals surface area contributed by atoms with Crippen molar-refractivity contribution in [3.8, 4) is 0 Å². The molecule has 0 aliphatic heterocycles. The Hall–Kier alpha value is -2.12. The van der Waals surface area contributed by atoms with Gasteiger partial charge in [-0.3, -0.25) is 0 Å². The fourth-order valence-electron chi connectivity index (χ4n) is 5.71. The van der Waals surface area contributed by atoms with E-state index >= 15 is 0 Å². The Morgan fingerprint density at radius 3 is 1.21 bits per heavy atom. The highest BCUT2D eigenvalue weighted by Gasteiger charge is 2.27. The van der Waals surface area contributed by atoms with Crippen molar-refractivity contribution in [3.63, 3.8) is 0 Å². The molecule has 0 aliphatic carbocycles. The van der Waals surface area contributed by atoms with Crippen molar-refractivity contribution in [3.05, 3.63) is 96.1 Å². The maximum atomic E-state index is 2.40. The molecule has 0 fully saturated rings. The summed E-state index contributed by atoms with van der Waals surface area (Å²) in [6.07, 6.45) is 30.7. The number of unbranched alkanes of at least 4 members (excludes halogenated alkanes) is 12. The van der Waals surface area contributed by atoms with Gasteiger partial charge in [0.1, 0.15) is 13.1 Å². The van der Waals surface area contributed by atoms with Gasteiger partial charge in [-0.1, -0.05) is 137 Å². The number of nitrogens with zero attached hydrogens (tertiary/aromatic N) is 1. The number of quaternary nitrogens is 1. The van der Waals surface area contributed by atoms with E-state index in [-0.39, 0.29) is 0 Å². The summed E-state index contributed by atoms with van der Waals surface area (Å²) in [5.74, 6) is 0. The largest absolute Gasteiger partial charge is 0.316 e. The molecule has 0 heterocycles. The zero-order chi connectivity index (χ0) is 27.7. The maximum Gasteiger partial charge on any atom is 0.105 e. The van der Waals surface area contributed by atoms with Crippen LogP contribution in [0.2, 0.25) is 0 Å². The van der Waals surface area contributed by atoms with Crippen LogP contribution in [0.1, 0.15) is 128 Å².